The van der Waals surface area contributed by atoms with Crippen LogP contribution in [0.15, 0.2) is 12.4 Å². The lowest BCUT2D eigenvalue weighted by molar-refractivity contribution is -0.167. The maximum atomic E-state index is 12.3. The molecule has 0 bridgehead atoms. The van der Waals surface area contributed by atoms with Gasteiger partial charge in [0.2, 0.25) is 0 Å². The lowest BCUT2D eigenvalue weighted by Gasteiger charge is -2.62. The van der Waals surface area contributed by atoms with E-state index in [2.05, 4.69) is 23.8 Å². The fourth-order valence-corrected chi connectivity index (χ4v) is 8.84. The summed E-state index contributed by atoms with van der Waals surface area (Å²) in [5.41, 5.74) is -0.156. The molecule has 172 valence electrons. The van der Waals surface area contributed by atoms with Crippen LogP contribution in [0.25, 0.3) is 0 Å². The number of aromatic amines is 1. The van der Waals surface area contributed by atoms with Gasteiger partial charge in [0.25, 0.3) is 0 Å². The van der Waals surface area contributed by atoms with Crippen molar-refractivity contribution in [3.05, 3.63) is 18.2 Å². The first kappa shape index (κ1) is 21.6. The van der Waals surface area contributed by atoms with E-state index in [0.29, 0.717) is 30.3 Å². The van der Waals surface area contributed by atoms with Gasteiger partial charge in [0.05, 0.1) is 12.2 Å². The van der Waals surface area contributed by atoms with Crippen molar-refractivity contribution in [1.82, 2.24) is 9.97 Å². The molecule has 4 aliphatic rings. The van der Waals surface area contributed by atoms with Crippen molar-refractivity contribution < 1.29 is 14.6 Å². The van der Waals surface area contributed by atoms with Crippen molar-refractivity contribution in [3.8, 4) is 0 Å². The maximum Gasteiger partial charge on any atom is 0.133 e. The first-order valence-electron chi connectivity index (χ1n) is 12.5. The molecule has 1 aromatic rings. The van der Waals surface area contributed by atoms with Crippen molar-refractivity contribution >= 4 is 5.78 Å². The molecule has 1 unspecified atom stereocenters. The van der Waals surface area contributed by atoms with E-state index >= 15 is 0 Å². The van der Waals surface area contributed by atoms with E-state index in [1.54, 1.807) is 12.4 Å². The van der Waals surface area contributed by atoms with Gasteiger partial charge in [0.15, 0.2) is 0 Å². The molecule has 0 saturated heterocycles. The summed E-state index contributed by atoms with van der Waals surface area (Å²) in [6.07, 6.45) is 13.6. The summed E-state index contributed by atoms with van der Waals surface area (Å²) in [7, 11) is 0. The Morgan fingerprint density at radius 2 is 1.94 bits per heavy atom. The molecule has 4 aliphatic carbocycles. The summed E-state index contributed by atoms with van der Waals surface area (Å²) >= 11 is 0. The molecule has 4 fully saturated rings. The van der Waals surface area contributed by atoms with Gasteiger partial charge in [0.1, 0.15) is 18.2 Å². The van der Waals surface area contributed by atoms with E-state index in [0.717, 1.165) is 49.3 Å². The second-order valence-corrected chi connectivity index (χ2v) is 11.9. The van der Waals surface area contributed by atoms with Gasteiger partial charge in [-0.3, -0.25) is 4.79 Å². The van der Waals surface area contributed by atoms with Crippen LogP contribution in [0.2, 0.25) is 0 Å². The van der Waals surface area contributed by atoms with Crippen molar-refractivity contribution in [3.63, 3.8) is 0 Å². The molecule has 0 spiro atoms. The molecule has 0 radical (unpaired) electrons. The minimum absolute atomic E-state index is 0.227. The second kappa shape index (κ2) is 7.69. The number of ether oxygens (including phenoxy) is 1. The van der Waals surface area contributed by atoms with Gasteiger partial charge in [-0.1, -0.05) is 13.8 Å². The van der Waals surface area contributed by atoms with Crippen LogP contribution in [-0.2, 0) is 16.1 Å². The summed E-state index contributed by atoms with van der Waals surface area (Å²) in [5, 5.41) is 11.3. The number of nitrogens with one attached hydrogen (secondary N) is 1. The second-order valence-electron chi connectivity index (χ2n) is 11.9. The Morgan fingerprint density at radius 3 is 2.68 bits per heavy atom. The van der Waals surface area contributed by atoms with Crippen LogP contribution in [0.4, 0.5) is 0 Å². The van der Waals surface area contributed by atoms with Crippen LogP contribution < -0.4 is 0 Å². The van der Waals surface area contributed by atoms with Crippen LogP contribution in [0.3, 0.4) is 0 Å². The predicted octanol–water partition coefficient (Wildman–Crippen LogP) is 4.91. The predicted molar refractivity (Wildman–Crippen MR) is 119 cm³/mol. The number of carbonyl (C=O) groups excluding carboxylic acids is 1. The molecule has 0 amide bonds. The molecule has 8 atom stereocenters. The molecule has 4 saturated carbocycles. The number of carbonyl (C=O) groups is 1. The minimum Gasteiger partial charge on any atom is -0.387 e. The van der Waals surface area contributed by atoms with Crippen LogP contribution in [0, 0.1) is 40.4 Å². The molecular formula is C26H40N2O3. The Hall–Kier alpha value is -1.20. The number of aliphatic hydroxyl groups is 1. The Morgan fingerprint density at radius 1 is 1.13 bits per heavy atom. The first-order chi connectivity index (χ1) is 14.8. The van der Waals surface area contributed by atoms with Crippen molar-refractivity contribution in [2.75, 3.05) is 6.61 Å². The normalized spacial score (nSPS) is 46.8. The summed E-state index contributed by atoms with van der Waals surface area (Å²) in [5.74, 6) is 4.33. The van der Waals surface area contributed by atoms with Crippen LogP contribution in [0.5, 0.6) is 0 Å². The van der Waals surface area contributed by atoms with Crippen LogP contribution in [0.1, 0.15) is 84.4 Å². The molecular weight excluding hydrogens is 388 g/mol. The first-order valence-corrected chi connectivity index (χ1v) is 12.5. The summed E-state index contributed by atoms with van der Waals surface area (Å²) in [6, 6.07) is 0. The maximum absolute atomic E-state index is 12.3. The van der Waals surface area contributed by atoms with Gasteiger partial charge in [-0.2, -0.15) is 0 Å². The van der Waals surface area contributed by atoms with Crippen molar-refractivity contribution in [2.45, 2.75) is 90.8 Å². The zero-order valence-electron chi connectivity index (χ0n) is 19.5. The molecule has 31 heavy (non-hydrogen) atoms. The zero-order valence-corrected chi connectivity index (χ0v) is 19.5. The summed E-state index contributed by atoms with van der Waals surface area (Å²) < 4.78 is 5.87. The van der Waals surface area contributed by atoms with E-state index in [1.807, 2.05) is 6.92 Å². The van der Waals surface area contributed by atoms with Gasteiger partial charge < -0.3 is 14.8 Å². The highest BCUT2D eigenvalue weighted by atomic mass is 16.5. The van der Waals surface area contributed by atoms with Crippen molar-refractivity contribution in [2.24, 2.45) is 40.4 Å². The number of nitrogens with zero attached hydrogens (tertiary/aromatic N) is 1. The van der Waals surface area contributed by atoms with E-state index in [-0.39, 0.29) is 11.3 Å². The average Bonchev–Trinajstić information content (AvgIpc) is 3.36. The lowest BCUT2D eigenvalue weighted by atomic mass is 9.44. The Kier molecular flexibility index (Phi) is 5.37. The number of fused-ring (bicyclic) bond motifs is 5. The molecule has 5 rings (SSSR count). The van der Waals surface area contributed by atoms with Crippen LogP contribution in [-0.4, -0.2) is 33.1 Å². The van der Waals surface area contributed by atoms with Gasteiger partial charge in [-0.05, 0) is 99.2 Å². The van der Waals surface area contributed by atoms with E-state index in [9.17, 15) is 9.90 Å². The zero-order chi connectivity index (χ0) is 21.9. The van der Waals surface area contributed by atoms with E-state index in [4.69, 9.17) is 4.74 Å². The number of aromatic nitrogens is 2. The fraction of sp³-hybridized carbons (Fsp3) is 0.846. The molecule has 1 heterocycles. The molecule has 5 heteroatoms. The molecule has 0 aromatic carbocycles. The molecule has 2 N–H and O–H groups in total. The highest BCUT2D eigenvalue weighted by Gasteiger charge is 2.61. The highest BCUT2D eigenvalue weighted by molar-refractivity contribution is 5.79. The number of ketones is 1. The monoisotopic (exact) mass is 428 g/mol. The van der Waals surface area contributed by atoms with Gasteiger partial charge in [-0.15, -0.1) is 0 Å². The van der Waals surface area contributed by atoms with Crippen molar-refractivity contribution in [1.29, 1.82) is 0 Å². The average molecular weight is 429 g/mol. The van der Waals surface area contributed by atoms with Gasteiger partial charge in [0, 0.05) is 18.3 Å². The topological polar surface area (TPSA) is 75.2 Å². The van der Waals surface area contributed by atoms with Gasteiger partial charge >= 0.3 is 0 Å². The summed E-state index contributed by atoms with van der Waals surface area (Å²) in [4.78, 5) is 19.6. The standard InChI is InChI=1S/C26H40N2O3/c1-17(29)20-6-7-21-19-5-4-18-14-26(30,16-31-15-23-27-12-13-28-23)11-10-24(18,2)22(19)8-9-25(20,21)3/h12-13,18-22,30H,4-11,14-16H2,1-3H3,(H,27,28)/t18?,19-,20+,21-,22-,24-,25+,26+/m0/s1. The third-order valence-electron chi connectivity index (χ3n) is 10.5. The SMILES string of the molecule is CC(=O)[C@H]1CC[C@H]2[C@@H]3CCC4C[C@@](O)(COCc5ncc[nH]5)CC[C@]4(C)[C@H]3CC[C@]12C. The largest absolute Gasteiger partial charge is 0.387 e. The van der Waals surface area contributed by atoms with Crippen LogP contribution >= 0.6 is 0 Å². The molecule has 5 nitrogen and oxygen atoms in total. The Bertz CT molecular complexity index is 810. The quantitative estimate of drug-likeness (QED) is 0.699. The minimum atomic E-state index is -0.708. The molecule has 0 aliphatic heterocycles. The van der Waals surface area contributed by atoms with Gasteiger partial charge in [-0.25, -0.2) is 4.98 Å². The fourth-order valence-electron chi connectivity index (χ4n) is 8.84. The number of Topliss-reactive ketones (excluding diaryl/α,β-unsaturated/α-hetero) is 1. The highest BCUT2D eigenvalue weighted by Crippen LogP contribution is 2.68. The summed E-state index contributed by atoms with van der Waals surface area (Å²) in [6.45, 7) is 7.60. The number of hydrogen-bond donors (Lipinski definition) is 2. The third-order valence-corrected chi connectivity index (χ3v) is 10.5. The van der Waals surface area contributed by atoms with E-state index in [1.165, 1.54) is 32.1 Å². The molecule has 1 aromatic heterocycles. The van der Waals surface area contributed by atoms with E-state index < -0.39 is 5.60 Å². The Labute approximate surface area is 186 Å². The lowest BCUT2D eigenvalue weighted by Crippen LogP contribution is -2.56. The number of hydrogen-bond acceptors (Lipinski definition) is 4. The number of H-pyrrole nitrogens is 1. The number of rotatable bonds is 5. The third kappa shape index (κ3) is 3.51. The Balaban J connectivity index is 1.26. The smallest absolute Gasteiger partial charge is 0.133 e. The number of imidazole rings is 1.